The van der Waals surface area contributed by atoms with Gasteiger partial charge in [-0.1, -0.05) is 0 Å². The lowest BCUT2D eigenvalue weighted by atomic mass is 10.2. The molecule has 0 unspecified atom stereocenters. The van der Waals surface area contributed by atoms with Crippen LogP contribution in [0, 0.1) is 0 Å². The number of aryl methyl sites for hydroxylation is 1. The molecule has 0 aliphatic rings. The molecule has 0 atom stereocenters. The number of carbonyl (C=O) groups excluding carboxylic acids is 1. The van der Waals surface area contributed by atoms with Gasteiger partial charge < -0.3 is 0 Å². The maximum absolute atomic E-state index is 10.6. The fourth-order valence-electron chi connectivity index (χ4n) is 0.851. The molecule has 0 bridgehead atoms. The van der Waals surface area contributed by atoms with Crippen LogP contribution in [0.4, 0.5) is 0 Å². The van der Waals surface area contributed by atoms with Crippen molar-refractivity contribution < 1.29 is 4.79 Å². The smallest absolute Gasteiger partial charge is 0.134 e. The van der Waals surface area contributed by atoms with Crippen molar-refractivity contribution in [3.63, 3.8) is 0 Å². The normalized spacial score (nSPS) is 8.91. The molecule has 11 heavy (non-hydrogen) atoms. The maximum Gasteiger partial charge on any atom is 0.134 e. The molecular weight excluding hydrogens is 164 g/mol. The van der Waals surface area contributed by atoms with Gasteiger partial charge in [0.1, 0.15) is 5.78 Å². The van der Waals surface area contributed by atoms with E-state index in [9.17, 15) is 4.79 Å². The molecule has 1 aromatic rings. The number of halogens is 1. The highest BCUT2D eigenvalue weighted by atomic mass is 35.5. The van der Waals surface area contributed by atoms with E-state index in [0.29, 0.717) is 6.42 Å². The second-order valence-corrected chi connectivity index (χ2v) is 2.40. The molecule has 0 aliphatic heterocycles. The SMILES string of the molecule is CC(=O)Cc1cnn(C)c1.Cl. The maximum atomic E-state index is 10.6. The third-order valence-electron chi connectivity index (χ3n) is 1.21. The number of Topliss-reactive ketones (excluding diaryl/α,β-unsaturated/α-hetero) is 1. The van der Waals surface area contributed by atoms with Gasteiger partial charge in [-0.25, -0.2) is 0 Å². The molecule has 1 rings (SSSR count). The lowest BCUT2D eigenvalue weighted by Crippen LogP contribution is -1.94. The van der Waals surface area contributed by atoms with Crippen molar-refractivity contribution in [3.05, 3.63) is 18.0 Å². The Balaban J connectivity index is 0.000001000. The molecule has 0 radical (unpaired) electrons. The zero-order valence-corrected chi connectivity index (χ0v) is 7.39. The molecule has 0 saturated carbocycles. The van der Waals surface area contributed by atoms with Crippen LogP contribution in [0.25, 0.3) is 0 Å². The van der Waals surface area contributed by atoms with E-state index >= 15 is 0 Å². The molecule has 1 aromatic heterocycles. The summed E-state index contributed by atoms with van der Waals surface area (Å²) in [5.74, 6) is 0.174. The summed E-state index contributed by atoms with van der Waals surface area (Å²) in [6.07, 6.45) is 4.05. The molecular formula is C7H11ClN2O. The highest BCUT2D eigenvalue weighted by Crippen LogP contribution is 1.96. The number of carbonyl (C=O) groups is 1. The van der Waals surface area contributed by atoms with Crippen LogP contribution < -0.4 is 0 Å². The van der Waals surface area contributed by atoms with Gasteiger partial charge in [0.25, 0.3) is 0 Å². The number of hydrogen-bond acceptors (Lipinski definition) is 2. The van der Waals surface area contributed by atoms with E-state index in [2.05, 4.69) is 5.10 Å². The quantitative estimate of drug-likeness (QED) is 0.670. The molecule has 0 aromatic carbocycles. The summed E-state index contributed by atoms with van der Waals surface area (Å²) in [7, 11) is 1.84. The Kier molecular flexibility index (Phi) is 3.82. The van der Waals surface area contributed by atoms with Crippen molar-refractivity contribution in [1.29, 1.82) is 0 Å². The van der Waals surface area contributed by atoms with Crippen molar-refractivity contribution in [3.8, 4) is 0 Å². The van der Waals surface area contributed by atoms with Gasteiger partial charge in [-0.3, -0.25) is 9.48 Å². The molecule has 4 heteroatoms. The van der Waals surface area contributed by atoms with Gasteiger partial charge in [0.15, 0.2) is 0 Å². The number of rotatable bonds is 2. The van der Waals surface area contributed by atoms with Crippen LogP contribution in [0.3, 0.4) is 0 Å². The third-order valence-corrected chi connectivity index (χ3v) is 1.21. The van der Waals surface area contributed by atoms with E-state index in [4.69, 9.17) is 0 Å². The molecule has 1 heterocycles. The van der Waals surface area contributed by atoms with Gasteiger partial charge in [0, 0.05) is 19.7 Å². The monoisotopic (exact) mass is 174 g/mol. The minimum Gasteiger partial charge on any atom is -0.300 e. The summed E-state index contributed by atoms with van der Waals surface area (Å²) in [5.41, 5.74) is 0.981. The largest absolute Gasteiger partial charge is 0.300 e. The lowest BCUT2D eigenvalue weighted by molar-refractivity contribution is -0.116. The van der Waals surface area contributed by atoms with E-state index in [1.165, 1.54) is 0 Å². The molecule has 0 N–H and O–H groups in total. The summed E-state index contributed by atoms with van der Waals surface area (Å²) < 4.78 is 1.69. The first-order chi connectivity index (χ1) is 4.68. The van der Waals surface area contributed by atoms with Crippen molar-refractivity contribution >= 4 is 18.2 Å². The Bertz CT molecular complexity index is 244. The van der Waals surface area contributed by atoms with E-state index in [-0.39, 0.29) is 18.2 Å². The molecule has 0 saturated heterocycles. The first-order valence-corrected chi connectivity index (χ1v) is 3.15. The Morgan fingerprint density at radius 2 is 2.36 bits per heavy atom. The molecule has 62 valence electrons. The highest BCUT2D eigenvalue weighted by molar-refractivity contribution is 5.85. The Morgan fingerprint density at radius 1 is 1.73 bits per heavy atom. The van der Waals surface area contributed by atoms with Crippen LogP contribution >= 0.6 is 12.4 Å². The first kappa shape index (κ1) is 10.2. The predicted octanol–water partition coefficient (Wildman–Crippen LogP) is 0.973. The summed E-state index contributed by atoms with van der Waals surface area (Å²) in [5, 5.41) is 3.93. The molecule has 0 amide bonds. The fourth-order valence-corrected chi connectivity index (χ4v) is 0.851. The predicted molar refractivity (Wildman–Crippen MR) is 44.8 cm³/mol. The van der Waals surface area contributed by atoms with Gasteiger partial charge >= 0.3 is 0 Å². The average Bonchev–Trinajstić information content (AvgIpc) is 2.13. The molecule has 0 spiro atoms. The van der Waals surface area contributed by atoms with Gasteiger partial charge in [-0.2, -0.15) is 5.10 Å². The second-order valence-electron chi connectivity index (χ2n) is 2.40. The van der Waals surface area contributed by atoms with Crippen molar-refractivity contribution in [2.75, 3.05) is 0 Å². The molecule has 0 fully saturated rings. The van der Waals surface area contributed by atoms with E-state index in [0.717, 1.165) is 5.56 Å². The standard InChI is InChI=1S/C7H10N2O.ClH/c1-6(10)3-7-4-8-9(2)5-7;/h4-5H,3H2,1-2H3;1H. The highest BCUT2D eigenvalue weighted by Gasteiger charge is 1.97. The van der Waals surface area contributed by atoms with Crippen LogP contribution in [0.5, 0.6) is 0 Å². The summed E-state index contributed by atoms with van der Waals surface area (Å²) in [6, 6.07) is 0. The number of nitrogens with zero attached hydrogens (tertiary/aromatic N) is 2. The molecule has 3 nitrogen and oxygen atoms in total. The summed E-state index contributed by atoms with van der Waals surface area (Å²) >= 11 is 0. The average molecular weight is 175 g/mol. The zero-order valence-electron chi connectivity index (χ0n) is 6.57. The van der Waals surface area contributed by atoms with E-state index in [1.54, 1.807) is 17.8 Å². The van der Waals surface area contributed by atoms with E-state index < -0.39 is 0 Å². The Hall–Kier alpha value is -0.830. The molecule has 0 aliphatic carbocycles. The lowest BCUT2D eigenvalue weighted by Gasteiger charge is -1.86. The Morgan fingerprint density at radius 3 is 2.73 bits per heavy atom. The fraction of sp³-hybridized carbons (Fsp3) is 0.429. The van der Waals surface area contributed by atoms with Crippen LogP contribution in [0.2, 0.25) is 0 Å². The minimum absolute atomic E-state index is 0. The Labute approximate surface area is 71.8 Å². The van der Waals surface area contributed by atoms with Gasteiger partial charge in [0.05, 0.1) is 6.20 Å². The minimum atomic E-state index is 0. The van der Waals surface area contributed by atoms with Crippen LogP contribution in [-0.2, 0) is 18.3 Å². The second kappa shape index (κ2) is 4.13. The van der Waals surface area contributed by atoms with Crippen molar-refractivity contribution in [1.82, 2.24) is 9.78 Å². The van der Waals surface area contributed by atoms with Crippen molar-refractivity contribution in [2.45, 2.75) is 13.3 Å². The summed E-state index contributed by atoms with van der Waals surface area (Å²) in [6.45, 7) is 1.58. The number of hydrogen-bond donors (Lipinski definition) is 0. The number of aromatic nitrogens is 2. The topological polar surface area (TPSA) is 34.9 Å². The van der Waals surface area contributed by atoms with Gasteiger partial charge in [-0.15, -0.1) is 12.4 Å². The van der Waals surface area contributed by atoms with Gasteiger partial charge in [0.2, 0.25) is 0 Å². The third kappa shape index (κ3) is 3.18. The van der Waals surface area contributed by atoms with Crippen LogP contribution in [0.15, 0.2) is 12.4 Å². The van der Waals surface area contributed by atoms with Crippen LogP contribution in [0.1, 0.15) is 12.5 Å². The zero-order chi connectivity index (χ0) is 7.56. The summed E-state index contributed by atoms with van der Waals surface area (Å²) in [4.78, 5) is 10.6. The first-order valence-electron chi connectivity index (χ1n) is 3.15. The van der Waals surface area contributed by atoms with E-state index in [1.807, 2.05) is 13.2 Å². The van der Waals surface area contributed by atoms with Crippen molar-refractivity contribution in [2.24, 2.45) is 7.05 Å². The van der Waals surface area contributed by atoms with Gasteiger partial charge in [-0.05, 0) is 12.5 Å². The van der Waals surface area contributed by atoms with Crippen LogP contribution in [-0.4, -0.2) is 15.6 Å². The number of ketones is 1.